The van der Waals surface area contributed by atoms with Gasteiger partial charge in [-0.1, -0.05) is 18.2 Å². The standard InChI is InChI=1S/C14H9FO2/c15-10-5-6-14-11(8-10)12(16)7-9-3-1-2-4-13(9)17-14/h1-6,8H,7H2. The van der Waals surface area contributed by atoms with Crippen molar-refractivity contribution in [2.24, 2.45) is 0 Å². The fraction of sp³-hybridized carbons (Fsp3) is 0.0714. The lowest BCUT2D eigenvalue weighted by atomic mass is 10.0. The summed E-state index contributed by atoms with van der Waals surface area (Å²) < 4.78 is 18.8. The minimum absolute atomic E-state index is 0.121. The van der Waals surface area contributed by atoms with E-state index in [1.165, 1.54) is 18.2 Å². The summed E-state index contributed by atoms with van der Waals surface area (Å²) in [4.78, 5) is 12.0. The molecule has 0 N–H and O–H groups in total. The van der Waals surface area contributed by atoms with Crippen molar-refractivity contribution in [1.29, 1.82) is 0 Å². The fourth-order valence-electron chi connectivity index (χ4n) is 1.95. The summed E-state index contributed by atoms with van der Waals surface area (Å²) in [6.07, 6.45) is 0.243. The lowest BCUT2D eigenvalue weighted by molar-refractivity contribution is 0.0993. The molecule has 0 amide bonds. The molecule has 0 aromatic heterocycles. The van der Waals surface area contributed by atoms with Crippen molar-refractivity contribution in [3.63, 3.8) is 0 Å². The van der Waals surface area contributed by atoms with Crippen molar-refractivity contribution in [2.75, 3.05) is 0 Å². The molecule has 0 radical (unpaired) electrons. The molecule has 0 atom stereocenters. The third-order valence-electron chi connectivity index (χ3n) is 2.79. The number of carbonyl (C=O) groups excluding carboxylic acids is 1. The lowest BCUT2D eigenvalue weighted by Crippen LogP contribution is -2.02. The van der Waals surface area contributed by atoms with Gasteiger partial charge in [0.25, 0.3) is 0 Å². The quantitative estimate of drug-likeness (QED) is 0.691. The van der Waals surface area contributed by atoms with Gasteiger partial charge in [-0.2, -0.15) is 0 Å². The van der Waals surface area contributed by atoms with Crippen LogP contribution in [0.2, 0.25) is 0 Å². The number of ether oxygens (including phenoxy) is 1. The molecule has 2 aromatic rings. The molecule has 0 unspecified atom stereocenters. The smallest absolute Gasteiger partial charge is 0.171 e. The van der Waals surface area contributed by atoms with E-state index < -0.39 is 5.82 Å². The lowest BCUT2D eigenvalue weighted by Gasteiger charge is -2.07. The van der Waals surface area contributed by atoms with Crippen LogP contribution >= 0.6 is 0 Å². The Morgan fingerprint density at radius 2 is 1.88 bits per heavy atom. The van der Waals surface area contributed by atoms with E-state index in [0.717, 1.165) is 5.56 Å². The predicted octanol–water partition coefficient (Wildman–Crippen LogP) is 3.36. The molecule has 0 saturated carbocycles. The highest BCUT2D eigenvalue weighted by Gasteiger charge is 2.21. The summed E-state index contributed by atoms with van der Waals surface area (Å²) in [5.41, 5.74) is 1.13. The van der Waals surface area contributed by atoms with E-state index in [4.69, 9.17) is 4.74 Å². The molecule has 0 spiro atoms. The molecule has 17 heavy (non-hydrogen) atoms. The van der Waals surface area contributed by atoms with Gasteiger partial charge >= 0.3 is 0 Å². The third-order valence-corrected chi connectivity index (χ3v) is 2.79. The molecular formula is C14H9FO2. The largest absolute Gasteiger partial charge is 0.456 e. The molecule has 0 bridgehead atoms. The molecule has 0 saturated heterocycles. The molecule has 0 fully saturated rings. The Kier molecular flexibility index (Phi) is 2.18. The highest BCUT2D eigenvalue weighted by molar-refractivity contribution is 6.01. The van der Waals surface area contributed by atoms with Gasteiger partial charge in [0.15, 0.2) is 5.78 Å². The number of fused-ring (bicyclic) bond motifs is 2. The second-order valence-electron chi connectivity index (χ2n) is 3.95. The summed E-state index contributed by atoms with van der Waals surface area (Å²) in [6.45, 7) is 0. The summed E-state index contributed by atoms with van der Waals surface area (Å²) in [7, 11) is 0. The van der Waals surface area contributed by atoms with Crippen molar-refractivity contribution < 1.29 is 13.9 Å². The minimum atomic E-state index is -0.424. The van der Waals surface area contributed by atoms with Crippen LogP contribution in [-0.2, 0) is 6.42 Å². The molecule has 84 valence electrons. The van der Waals surface area contributed by atoms with Crippen molar-refractivity contribution in [3.8, 4) is 11.5 Å². The van der Waals surface area contributed by atoms with Gasteiger partial charge < -0.3 is 4.74 Å². The number of para-hydroxylation sites is 1. The predicted molar refractivity (Wildman–Crippen MR) is 61.0 cm³/mol. The van der Waals surface area contributed by atoms with Crippen LogP contribution in [0.5, 0.6) is 11.5 Å². The topological polar surface area (TPSA) is 26.3 Å². The second kappa shape index (κ2) is 3.70. The number of ketones is 1. The number of rotatable bonds is 0. The highest BCUT2D eigenvalue weighted by Crippen LogP contribution is 2.33. The zero-order chi connectivity index (χ0) is 11.8. The van der Waals surface area contributed by atoms with Gasteiger partial charge in [-0.3, -0.25) is 4.79 Å². The molecular weight excluding hydrogens is 219 g/mol. The van der Waals surface area contributed by atoms with Gasteiger partial charge in [-0.25, -0.2) is 4.39 Å². The number of Topliss-reactive ketones (excluding diaryl/α,β-unsaturated/α-hetero) is 1. The Morgan fingerprint density at radius 3 is 2.76 bits per heavy atom. The van der Waals surface area contributed by atoms with Crippen molar-refractivity contribution >= 4 is 5.78 Å². The van der Waals surface area contributed by atoms with E-state index in [1.54, 1.807) is 6.07 Å². The van der Waals surface area contributed by atoms with Gasteiger partial charge in [0.1, 0.15) is 17.3 Å². The summed E-state index contributed by atoms with van der Waals surface area (Å²) in [5, 5.41) is 0. The first-order valence-electron chi connectivity index (χ1n) is 5.32. The minimum Gasteiger partial charge on any atom is -0.456 e. The van der Waals surface area contributed by atoms with E-state index in [-0.39, 0.29) is 12.2 Å². The van der Waals surface area contributed by atoms with Crippen LogP contribution < -0.4 is 4.74 Å². The Bertz CT molecular complexity index is 605. The average Bonchev–Trinajstić information content (AvgIpc) is 2.46. The normalized spacial score (nSPS) is 13.4. The Balaban J connectivity index is 2.17. The van der Waals surface area contributed by atoms with E-state index in [1.807, 2.05) is 18.2 Å². The number of benzene rings is 2. The van der Waals surface area contributed by atoms with Crippen LogP contribution in [0.15, 0.2) is 42.5 Å². The van der Waals surface area contributed by atoms with Gasteiger partial charge in [0, 0.05) is 12.0 Å². The van der Waals surface area contributed by atoms with Crippen LogP contribution in [0.4, 0.5) is 4.39 Å². The van der Waals surface area contributed by atoms with Gasteiger partial charge in [-0.15, -0.1) is 0 Å². The number of halogens is 1. The van der Waals surface area contributed by atoms with E-state index >= 15 is 0 Å². The molecule has 0 aliphatic carbocycles. The zero-order valence-electron chi connectivity index (χ0n) is 8.94. The SMILES string of the molecule is O=C1Cc2ccccc2Oc2ccc(F)cc21. The van der Waals surface area contributed by atoms with Crippen LogP contribution in [0.25, 0.3) is 0 Å². The van der Waals surface area contributed by atoms with Gasteiger partial charge in [0.05, 0.1) is 5.56 Å². The molecule has 3 heteroatoms. The Labute approximate surface area is 97.7 Å². The molecule has 3 rings (SSSR count). The first-order chi connectivity index (χ1) is 8.24. The van der Waals surface area contributed by atoms with Crippen LogP contribution in [-0.4, -0.2) is 5.78 Å². The third kappa shape index (κ3) is 1.69. The maximum absolute atomic E-state index is 13.1. The second-order valence-corrected chi connectivity index (χ2v) is 3.95. The van der Waals surface area contributed by atoms with Crippen molar-refractivity contribution in [1.82, 2.24) is 0 Å². The van der Waals surface area contributed by atoms with E-state index in [2.05, 4.69) is 0 Å². The van der Waals surface area contributed by atoms with Gasteiger partial charge in [-0.05, 0) is 24.3 Å². The van der Waals surface area contributed by atoms with Gasteiger partial charge in [0.2, 0.25) is 0 Å². The van der Waals surface area contributed by atoms with Crippen LogP contribution in [0.3, 0.4) is 0 Å². The average molecular weight is 228 g/mol. The summed E-state index contributed by atoms with van der Waals surface area (Å²) >= 11 is 0. The number of carbonyl (C=O) groups is 1. The molecule has 1 heterocycles. The Hall–Kier alpha value is -2.16. The summed E-state index contributed by atoms with van der Waals surface area (Å²) in [6, 6.07) is 11.4. The summed E-state index contributed by atoms with van der Waals surface area (Å²) in [5.74, 6) is 0.531. The maximum Gasteiger partial charge on any atom is 0.171 e. The molecule has 1 aliphatic heterocycles. The van der Waals surface area contributed by atoms with Crippen molar-refractivity contribution in [2.45, 2.75) is 6.42 Å². The molecule has 2 aromatic carbocycles. The first-order valence-corrected chi connectivity index (χ1v) is 5.32. The monoisotopic (exact) mass is 228 g/mol. The molecule has 2 nitrogen and oxygen atoms in total. The van der Waals surface area contributed by atoms with E-state index in [9.17, 15) is 9.18 Å². The maximum atomic E-state index is 13.1. The zero-order valence-corrected chi connectivity index (χ0v) is 8.94. The fourth-order valence-corrected chi connectivity index (χ4v) is 1.95. The number of hydrogen-bond donors (Lipinski definition) is 0. The first kappa shape index (κ1) is 10.0. The Morgan fingerprint density at radius 1 is 1.06 bits per heavy atom. The molecule has 1 aliphatic rings. The van der Waals surface area contributed by atoms with E-state index in [0.29, 0.717) is 17.1 Å². The van der Waals surface area contributed by atoms with Crippen LogP contribution in [0.1, 0.15) is 15.9 Å². The highest BCUT2D eigenvalue weighted by atomic mass is 19.1. The van der Waals surface area contributed by atoms with Crippen LogP contribution in [0, 0.1) is 5.82 Å². The number of hydrogen-bond acceptors (Lipinski definition) is 2. The van der Waals surface area contributed by atoms with Crippen molar-refractivity contribution in [3.05, 3.63) is 59.4 Å².